The van der Waals surface area contributed by atoms with E-state index in [9.17, 15) is 9.59 Å². The molecule has 1 atom stereocenters. The second-order valence-electron chi connectivity index (χ2n) is 6.93. The summed E-state index contributed by atoms with van der Waals surface area (Å²) in [6, 6.07) is 9.03. The summed E-state index contributed by atoms with van der Waals surface area (Å²) in [7, 11) is 0. The molecular weight excluding hydrogens is 330 g/mol. The van der Waals surface area contributed by atoms with Crippen molar-refractivity contribution in [3.8, 4) is 0 Å². The summed E-state index contributed by atoms with van der Waals surface area (Å²) in [6.07, 6.45) is 0.619. The summed E-state index contributed by atoms with van der Waals surface area (Å²) < 4.78 is 0. The minimum absolute atomic E-state index is 0.00522. The second kappa shape index (κ2) is 7.68. The number of aryl methyl sites for hydroxylation is 1. The zero-order chi connectivity index (χ0) is 18.7. The Morgan fingerprint density at radius 3 is 2.50 bits per heavy atom. The molecule has 1 aromatic heterocycles. The zero-order valence-electron chi connectivity index (χ0n) is 15.5. The monoisotopic (exact) mass is 355 g/mol. The minimum Gasteiger partial charge on any atom is -0.337 e. The molecule has 1 N–H and O–H groups in total. The Hall–Kier alpha value is -2.70. The summed E-state index contributed by atoms with van der Waals surface area (Å²) in [5.41, 5.74) is 0.668. The number of nitrogens with one attached hydrogen (secondary N) is 1. The number of aromatic amines is 1. The molecule has 2 aromatic rings. The maximum Gasteiger partial charge on any atom is 0.253 e. The van der Waals surface area contributed by atoms with Crippen molar-refractivity contribution in [2.24, 2.45) is 5.92 Å². The normalized spacial score (nSPS) is 18.1. The molecule has 1 aliphatic heterocycles. The summed E-state index contributed by atoms with van der Waals surface area (Å²) in [6.45, 7) is 7.17. The number of carbonyl (C=O) groups is 2. The van der Waals surface area contributed by atoms with Gasteiger partial charge in [-0.1, -0.05) is 32.0 Å². The molecule has 1 saturated heterocycles. The van der Waals surface area contributed by atoms with Crippen LogP contribution in [0.2, 0.25) is 0 Å². The van der Waals surface area contributed by atoms with Gasteiger partial charge in [0.05, 0.1) is 6.04 Å². The van der Waals surface area contributed by atoms with E-state index in [1.165, 1.54) is 0 Å². The molecule has 0 bridgehead atoms. The van der Waals surface area contributed by atoms with Crippen molar-refractivity contribution >= 4 is 11.8 Å². The molecule has 0 saturated carbocycles. The molecule has 7 nitrogen and oxygen atoms in total. The Bertz CT molecular complexity index is 771. The van der Waals surface area contributed by atoms with E-state index in [4.69, 9.17) is 0 Å². The predicted octanol–water partition coefficient (Wildman–Crippen LogP) is 2.18. The third-order valence-electron chi connectivity index (χ3n) is 4.66. The quantitative estimate of drug-likeness (QED) is 0.915. The first-order chi connectivity index (χ1) is 12.5. The molecule has 0 radical (unpaired) electrons. The summed E-state index contributed by atoms with van der Waals surface area (Å²) in [5.74, 6) is 1.28. The standard InChI is InChI=1S/C19H25N5O2/c1-13(2)18(25)24-12-11-23(19(26)15-7-5-4-6-8-15)10-9-16(24)17-20-14(3)21-22-17/h4-8,13,16H,9-12H2,1-3H3,(H,20,21,22). The van der Waals surface area contributed by atoms with Crippen LogP contribution in [0.1, 0.15) is 48.3 Å². The maximum atomic E-state index is 12.8. The molecule has 0 spiro atoms. The van der Waals surface area contributed by atoms with Gasteiger partial charge in [-0.3, -0.25) is 14.7 Å². The number of hydrogen-bond acceptors (Lipinski definition) is 4. The van der Waals surface area contributed by atoms with Crippen LogP contribution >= 0.6 is 0 Å². The highest BCUT2D eigenvalue weighted by molar-refractivity contribution is 5.94. The van der Waals surface area contributed by atoms with Crippen molar-refractivity contribution in [1.82, 2.24) is 25.0 Å². The Morgan fingerprint density at radius 1 is 1.15 bits per heavy atom. The van der Waals surface area contributed by atoms with Gasteiger partial charge in [0.2, 0.25) is 5.91 Å². The highest BCUT2D eigenvalue weighted by Crippen LogP contribution is 2.26. The molecule has 2 heterocycles. The third kappa shape index (κ3) is 3.76. The fraction of sp³-hybridized carbons (Fsp3) is 0.474. The fourth-order valence-electron chi connectivity index (χ4n) is 3.27. The van der Waals surface area contributed by atoms with Crippen molar-refractivity contribution in [3.63, 3.8) is 0 Å². The average molecular weight is 355 g/mol. The first-order valence-electron chi connectivity index (χ1n) is 9.01. The van der Waals surface area contributed by atoms with Crippen molar-refractivity contribution in [2.75, 3.05) is 19.6 Å². The topological polar surface area (TPSA) is 82.2 Å². The van der Waals surface area contributed by atoms with Crippen LogP contribution in [0.15, 0.2) is 30.3 Å². The van der Waals surface area contributed by atoms with Gasteiger partial charge >= 0.3 is 0 Å². The van der Waals surface area contributed by atoms with E-state index >= 15 is 0 Å². The molecule has 1 aliphatic rings. The van der Waals surface area contributed by atoms with E-state index < -0.39 is 0 Å². The number of carbonyl (C=O) groups excluding carboxylic acids is 2. The van der Waals surface area contributed by atoms with Gasteiger partial charge < -0.3 is 9.80 Å². The maximum absolute atomic E-state index is 12.8. The van der Waals surface area contributed by atoms with Crippen LogP contribution in [0.5, 0.6) is 0 Å². The molecule has 1 unspecified atom stereocenters. The van der Waals surface area contributed by atoms with Gasteiger partial charge in [0, 0.05) is 31.1 Å². The molecule has 0 aliphatic carbocycles. The molecule has 138 valence electrons. The largest absolute Gasteiger partial charge is 0.337 e. The number of aromatic nitrogens is 3. The fourth-order valence-corrected chi connectivity index (χ4v) is 3.27. The Labute approximate surface area is 153 Å². The Morgan fingerprint density at radius 2 is 1.88 bits per heavy atom. The van der Waals surface area contributed by atoms with E-state index in [0.29, 0.717) is 37.4 Å². The van der Waals surface area contributed by atoms with Crippen LogP contribution in [0.4, 0.5) is 0 Å². The number of hydrogen-bond donors (Lipinski definition) is 1. The van der Waals surface area contributed by atoms with Crippen molar-refractivity contribution in [2.45, 2.75) is 33.2 Å². The number of benzene rings is 1. The lowest BCUT2D eigenvalue weighted by atomic mass is 10.1. The minimum atomic E-state index is -0.219. The number of amides is 2. The van der Waals surface area contributed by atoms with Crippen LogP contribution < -0.4 is 0 Å². The van der Waals surface area contributed by atoms with Crippen molar-refractivity contribution < 1.29 is 9.59 Å². The second-order valence-corrected chi connectivity index (χ2v) is 6.93. The summed E-state index contributed by atoms with van der Waals surface area (Å²) in [5, 5.41) is 7.12. The smallest absolute Gasteiger partial charge is 0.253 e. The van der Waals surface area contributed by atoms with Crippen LogP contribution in [-0.4, -0.2) is 56.4 Å². The number of nitrogens with zero attached hydrogens (tertiary/aromatic N) is 4. The SMILES string of the molecule is Cc1nc(C2CCN(C(=O)c3ccccc3)CCN2C(=O)C(C)C)n[nH]1. The van der Waals surface area contributed by atoms with E-state index in [2.05, 4.69) is 15.2 Å². The van der Waals surface area contributed by atoms with Gasteiger partial charge in [-0.25, -0.2) is 4.98 Å². The van der Waals surface area contributed by atoms with Gasteiger partial charge in [0.15, 0.2) is 5.82 Å². The predicted molar refractivity (Wildman–Crippen MR) is 97.4 cm³/mol. The van der Waals surface area contributed by atoms with Crippen LogP contribution in [0.3, 0.4) is 0 Å². The van der Waals surface area contributed by atoms with Crippen molar-refractivity contribution in [1.29, 1.82) is 0 Å². The highest BCUT2D eigenvalue weighted by Gasteiger charge is 2.33. The summed E-state index contributed by atoms with van der Waals surface area (Å²) >= 11 is 0. The molecule has 1 aromatic carbocycles. The van der Waals surface area contributed by atoms with Gasteiger partial charge in [-0.05, 0) is 25.5 Å². The molecule has 1 fully saturated rings. The van der Waals surface area contributed by atoms with Crippen LogP contribution in [0, 0.1) is 12.8 Å². The first-order valence-corrected chi connectivity index (χ1v) is 9.01. The van der Waals surface area contributed by atoms with E-state index in [1.807, 2.05) is 60.9 Å². The molecule has 3 rings (SSSR count). The van der Waals surface area contributed by atoms with E-state index in [1.54, 1.807) is 0 Å². The van der Waals surface area contributed by atoms with Gasteiger partial charge in [0.25, 0.3) is 5.91 Å². The Kier molecular flexibility index (Phi) is 5.35. The first kappa shape index (κ1) is 18.1. The molecule has 7 heteroatoms. The zero-order valence-corrected chi connectivity index (χ0v) is 15.5. The van der Waals surface area contributed by atoms with E-state index in [-0.39, 0.29) is 23.8 Å². The lowest BCUT2D eigenvalue weighted by molar-refractivity contribution is -0.137. The summed E-state index contributed by atoms with van der Waals surface area (Å²) in [4.78, 5) is 33.6. The lowest BCUT2D eigenvalue weighted by Gasteiger charge is -2.29. The third-order valence-corrected chi connectivity index (χ3v) is 4.66. The molecule has 2 amide bonds. The van der Waals surface area contributed by atoms with Gasteiger partial charge in [-0.15, -0.1) is 0 Å². The lowest BCUT2D eigenvalue weighted by Crippen LogP contribution is -2.40. The number of H-pyrrole nitrogens is 1. The molecular formula is C19H25N5O2. The Balaban J connectivity index is 1.83. The van der Waals surface area contributed by atoms with E-state index in [0.717, 1.165) is 5.82 Å². The van der Waals surface area contributed by atoms with Crippen LogP contribution in [0.25, 0.3) is 0 Å². The highest BCUT2D eigenvalue weighted by atomic mass is 16.2. The molecule has 26 heavy (non-hydrogen) atoms. The van der Waals surface area contributed by atoms with Crippen LogP contribution in [-0.2, 0) is 4.79 Å². The van der Waals surface area contributed by atoms with Gasteiger partial charge in [-0.2, -0.15) is 5.10 Å². The van der Waals surface area contributed by atoms with Gasteiger partial charge in [0.1, 0.15) is 5.82 Å². The average Bonchev–Trinajstić information content (AvgIpc) is 2.95. The van der Waals surface area contributed by atoms with Crippen molar-refractivity contribution in [3.05, 3.63) is 47.5 Å². The number of rotatable bonds is 3.